The van der Waals surface area contributed by atoms with Crippen molar-refractivity contribution < 1.29 is 24.3 Å². The highest BCUT2D eigenvalue weighted by molar-refractivity contribution is 5.95. The second kappa shape index (κ2) is 9.26. The SMILES string of the molecule is CC(C)[C@@]1(C(=O)N[C@H](CO)CC(=O)OC(C)(C)C)C=C(c2nccc3ccccc23)NO1. The Labute approximate surface area is 188 Å². The van der Waals surface area contributed by atoms with Crippen LogP contribution in [0.2, 0.25) is 0 Å². The molecule has 172 valence electrons. The summed E-state index contributed by atoms with van der Waals surface area (Å²) in [4.78, 5) is 35.7. The molecule has 1 aromatic heterocycles. The maximum atomic E-state index is 13.3. The summed E-state index contributed by atoms with van der Waals surface area (Å²) >= 11 is 0. The van der Waals surface area contributed by atoms with Gasteiger partial charge in [-0.3, -0.25) is 24.9 Å². The van der Waals surface area contributed by atoms with Gasteiger partial charge in [0.15, 0.2) is 5.60 Å². The Kier molecular flexibility index (Phi) is 6.85. The monoisotopic (exact) mass is 441 g/mol. The van der Waals surface area contributed by atoms with Gasteiger partial charge < -0.3 is 15.2 Å². The van der Waals surface area contributed by atoms with Gasteiger partial charge in [-0.15, -0.1) is 0 Å². The molecular weight excluding hydrogens is 410 g/mol. The minimum atomic E-state index is -1.34. The second-order valence-corrected chi connectivity index (χ2v) is 9.23. The van der Waals surface area contributed by atoms with Crippen LogP contribution >= 0.6 is 0 Å². The average Bonchev–Trinajstić information content (AvgIpc) is 3.18. The minimum Gasteiger partial charge on any atom is -0.460 e. The van der Waals surface area contributed by atoms with E-state index in [0.717, 1.165) is 10.8 Å². The van der Waals surface area contributed by atoms with Gasteiger partial charge in [0.05, 0.1) is 30.5 Å². The summed E-state index contributed by atoms with van der Waals surface area (Å²) in [5.74, 6) is -1.21. The van der Waals surface area contributed by atoms with Crippen molar-refractivity contribution in [2.45, 2.75) is 58.3 Å². The van der Waals surface area contributed by atoms with E-state index in [-0.39, 0.29) is 12.3 Å². The van der Waals surface area contributed by atoms with Crippen molar-refractivity contribution in [1.82, 2.24) is 15.8 Å². The van der Waals surface area contributed by atoms with E-state index < -0.39 is 35.7 Å². The molecule has 0 unspecified atom stereocenters. The normalized spacial score (nSPS) is 19.4. The summed E-state index contributed by atoms with van der Waals surface area (Å²) in [5, 5.41) is 14.4. The highest BCUT2D eigenvalue weighted by atomic mass is 16.7. The van der Waals surface area contributed by atoms with Gasteiger partial charge in [-0.1, -0.05) is 38.1 Å². The third-order valence-electron chi connectivity index (χ3n) is 5.22. The lowest BCUT2D eigenvalue weighted by atomic mass is 9.88. The van der Waals surface area contributed by atoms with Crippen molar-refractivity contribution >= 4 is 28.3 Å². The van der Waals surface area contributed by atoms with E-state index in [1.165, 1.54) is 0 Å². The predicted molar refractivity (Wildman–Crippen MR) is 121 cm³/mol. The van der Waals surface area contributed by atoms with Crippen molar-refractivity contribution in [3.8, 4) is 0 Å². The highest BCUT2D eigenvalue weighted by Gasteiger charge is 2.47. The van der Waals surface area contributed by atoms with Crippen LogP contribution in [0.25, 0.3) is 16.5 Å². The maximum Gasteiger partial charge on any atom is 0.308 e. The Morgan fingerprint density at radius 1 is 1.25 bits per heavy atom. The van der Waals surface area contributed by atoms with Gasteiger partial charge in [0.2, 0.25) is 0 Å². The fourth-order valence-corrected chi connectivity index (χ4v) is 3.57. The van der Waals surface area contributed by atoms with Gasteiger partial charge in [-0.25, -0.2) is 0 Å². The zero-order valence-corrected chi connectivity index (χ0v) is 19.1. The lowest BCUT2D eigenvalue weighted by molar-refractivity contribution is -0.156. The number of aliphatic hydroxyl groups is 1. The number of pyridine rings is 1. The molecule has 32 heavy (non-hydrogen) atoms. The van der Waals surface area contributed by atoms with Gasteiger partial charge in [0.25, 0.3) is 5.91 Å². The second-order valence-electron chi connectivity index (χ2n) is 9.23. The van der Waals surface area contributed by atoms with E-state index in [9.17, 15) is 14.7 Å². The Morgan fingerprint density at radius 3 is 2.62 bits per heavy atom. The zero-order valence-electron chi connectivity index (χ0n) is 19.1. The molecule has 3 N–H and O–H groups in total. The van der Waals surface area contributed by atoms with E-state index in [0.29, 0.717) is 11.4 Å². The van der Waals surface area contributed by atoms with Gasteiger partial charge in [0, 0.05) is 11.6 Å². The van der Waals surface area contributed by atoms with Crippen molar-refractivity contribution in [2.24, 2.45) is 5.92 Å². The third-order valence-corrected chi connectivity index (χ3v) is 5.22. The van der Waals surface area contributed by atoms with Crippen LogP contribution in [0.15, 0.2) is 42.6 Å². The van der Waals surface area contributed by atoms with E-state index in [2.05, 4.69) is 15.8 Å². The van der Waals surface area contributed by atoms with Crippen molar-refractivity contribution in [2.75, 3.05) is 6.61 Å². The molecule has 1 aliphatic heterocycles. The number of carbonyl (C=O) groups is 2. The summed E-state index contributed by atoms with van der Waals surface area (Å²) in [6.07, 6.45) is 3.27. The Bertz CT molecular complexity index is 1020. The Hall–Kier alpha value is -2.97. The third kappa shape index (κ3) is 5.08. The van der Waals surface area contributed by atoms with Gasteiger partial charge in [-0.05, 0) is 44.2 Å². The number of aliphatic hydroxyl groups excluding tert-OH is 1. The van der Waals surface area contributed by atoms with Crippen LogP contribution in [0.4, 0.5) is 0 Å². The molecule has 8 nitrogen and oxygen atoms in total. The first-order chi connectivity index (χ1) is 15.1. The standard InChI is InChI=1S/C24H31N3O5/c1-15(2)24(22(30)26-17(14-28)12-20(29)31-23(3,4)5)13-19(27-32-24)21-18-9-7-6-8-16(18)10-11-25-21/h6-11,13,15,17,27-28H,12,14H2,1-5H3,(H,26,30)/t17-,24+/m0/s1. The van der Waals surface area contributed by atoms with Gasteiger partial charge >= 0.3 is 5.97 Å². The largest absolute Gasteiger partial charge is 0.460 e. The first-order valence-electron chi connectivity index (χ1n) is 10.7. The summed E-state index contributed by atoms with van der Waals surface area (Å²) < 4.78 is 5.30. The number of fused-ring (bicyclic) bond motifs is 1. The van der Waals surface area contributed by atoms with Crippen LogP contribution in [-0.4, -0.2) is 45.8 Å². The number of hydroxylamine groups is 1. The summed E-state index contributed by atoms with van der Waals surface area (Å²) in [5.41, 5.74) is 2.13. The molecule has 0 radical (unpaired) electrons. The van der Waals surface area contributed by atoms with Crippen LogP contribution < -0.4 is 10.8 Å². The fourth-order valence-electron chi connectivity index (χ4n) is 3.57. The number of nitrogens with one attached hydrogen (secondary N) is 2. The summed E-state index contributed by atoms with van der Waals surface area (Å²) in [6.45, 7) is 8.59. The quantitative estimate of drug-likeness (QED) is 0.567. The minimum absolute atomic E-state index is 0.150. The van der Waals surface area contributed by atoms with Gasteiger partial charge in [0.1, 0.15) is 5.60 Å². The smallest absolute Gasteiger partial charge is 0.308 e. The van der Waals surface area contributed by atoms with Gasteiger partial charge in [-0.2, -0.15) is 0 Å². The van der Waals surface area contributed by atoms with Crippen LogP contribution in [0, 0.1) is 5.92 Å². The molecule has 0 saturated heterocycles. The van der Waals surface area contributed by atoms with Crippen molar-refractivity contribution in [3.63, 3.8) is 0 Å². The lowest BCUT2D eigenvalue weighted by Gasteiger charge is -2.30. The molecule has 2 atom stereocenters. The molecule has 3 rings (SSSR count). The number of benzene rings is 1. The zero-order chi connectivity index (χ0) is 23.5. The summed E-state index contributed by atoms with van der Waals surface area (Å²) in [6, 6.07) is 8.93. The highest BCUT2D eigenvalue weighted by Crippen LogP contribution is 2.34. The number of carbonyl (C=O) groups excluding carboxylic acids is 2. The lowest BCUT2D eigenvalue weighted by Crippen LogP contribution is -2.54. The number of rotatable bonds is 7. The van der Waals surface area contributed by atoms with E-state index in [1.807, 2.05) is 44.2 Å². The maximum absolute atomic E-state index is 13.3. The molecule has 8 heteroatoms. The number of esters is 1. The first kappa shape index (κ1) is 23.7. The number of hydrogen-bond acceptors (Lipinski definition) is 7. The number of hydrogen-bond donors (Lipinski definition) is 3. The van der Waals surface area contributed by atoms with Crippen LogP contribution in [0.5, 0.6) is 0 Å². The molecule has 1 aliphatic rings. The fraction of sp³-hybridized carbons (Fsp3) is 0.458. The average molecular weight is 442 g/mol. The molecule has 0 spiro atoms. The molecule has 0 bridgehead atoms. The van der Waals surface area contributed by atoms with Crippen molar-refractivity contribution in [3.05, 3.63) is 48.3 Å². The number of ether oxygens (including phenoxy) is 1. The molecule has 1 aromatic carbocycles. The van der Waals surface area contributed by atoms with Crippen molar-refractivity contribution in [1.29, 1.82) is 0 Å². The first-order valence-corrected chi connectivity index (χ1v) is 10.7. The molecule has 0 aliphatic carbocycles. The Morgan fingerprint density at radius 2 is 1.97 bits per heavy atom. The summed E-state index contributed by atoms with van der Waals surface area (Å²) in [7, 11) is 0. The van der Waals surface area contributed by atoms with Crippen LogP contribution in [-0.2, 0) is 19.2 Å². The molecule has 0 saturated carbocycles. The molecular formula is C24H31N3O5. The molecule has 0 fully saturated rings. The van der Waals surface area contributed by atoms with E-state index in [4.69, 9.17) is 9.57 Å². The molecule has 2 aromatic rings. The van der Waals surface area contributed by atoms with E-state index >= 15 is 0 Å². The number of aromatic nitrogens is 1. The van der Waals surface area contributed by atoms with Crippen LogP contribution in [0.1, 0.15) is 46.7 Å². The Balaban J connectivity index is 1.84. The predicted octanol–water partition coefficient (Wildman–Crippen LogP) is 2.71. The molecule has 1 amide bonds. The number of amides is 1. The number of nitrogens with zero attached hydrogens (tertiary/aromatic N) is 1. The topological polar surface area (TPSA) is 110 Å². The van der Waals surface area contributed by atoms with E-state index in [1.54, 1.807) is 33.0 Å². The molecule has 2 heterocycles. The van der Waals surface area contributed by atoms with Crippen LogP contribution in [0.3, 0.4) is 0 Å².